The van der Waals surface area contributed by atoms with Gasteiger partial charge < -0.3 is 14.9 Å². The second kappa shape index (κ2) is 7.38. The van der Waals surface area contributed by atoms with E-state index in [1.165, 1.54) is 0 Å². The summed E-state index contributed by atoms with van der Waals surface area (Å²) in [5.74, 6) is 0.967. The maximum Gasteiger partial charge on any atom is 0.159 e. The Bertz CT molecular complexity index is 728. The van der Waals surface area contributed by atoms with Crippen LogP contribution in [0.15, 0.2) is 12.4 Å². The summed E-state index contributed by atoms with van der Waals surface area (Å²) in [6.07, 6.45) is 8.27. The van der Waals surface area contributed by atoms with E-state index in [4.69, 9.17) is 0 Å². The van der Waals surface area contributed by atoms with Crippen molar-refractivity contribution in [3.05, 3.63) is 28.9 Å². The second-order valence-electron chi connectivity index (χ2n) is 6.45. The summed E-state index contributed by atoms with van der Waals surface area (Å²) in [5, 5.41) is 5.15. The molecule has 8 heteroatoms. The van der Waals surface area contributed by atoms with Crippen LogP contribution in [0, 0.1) is 6.92 Å². The first-order chi connectivity index (χ1) is 11.5. The summed E-state index contributed by atoms with van der Waals surface area (Å²) in [6, 6.07) is 0. The summed E-state index contributed by atoms with van der Waals surface area (Å²) < 4.78 is 15.9. The number of hydrogen-bond donors (Lipinski definition) is 2. The van der Waals surface area contributed by atoms with Gasteiger partial charge in [-0.05, 0) is 33.2 Å². The van der Waals surface area contributed by atoms with Gasteiger partial charge in [-0.15, -0.1) is 11.3 Å². The molecule has 0 saturated carbocycles. The molecule has 0 amide bonds. The zero-order chi connectivity index (χ0) is 17.2. The first-order valence-corrected chi connectivity index (χ1v) is 11.2. The molecule has 0 aliphatic carbocycles. The fourth-order valence-corrected chi connectivity index (χ4v) is 8.01. The molecule has 0 spiro atoms. The van der Waals surface area contributed by atoms with E-state index in [-0.39, 0.29) is 5.66 Å². The van der Waals surface area contributed by atoms with Gasteiger partial charge in [0, 0.05) is 38.1 Å². The van der Waals surface area contributed by atoms with Crippen LogP contribution in [0.1, 0.15) is 41.4 Å². The van der Waals surface area contributed by atoms with E-state index < -0.39 is 7.29 Å². The second-order valence-corrected chi connectivity index (χ2v) is 10.8. The molecule has 3 rings (SSSR count). The lowest BCUT2D eigenvalue weighted by molar-refractivity contribution is 0.419. The molecular formula is C16H26N5OPS. The van der Waals surface area contributed by atoms with Gasteiger partial charge in [0.05, 0.1) is 11.9 Å². The molecule has 1 saturated heterocycles. The zero-order valence-corrected chi connectivity index (χ0v) is 16.3. The van der Waals surface area contributed by atoms with Crippen molar-refractivity contribution < 1.29 is 4.57 Å². The third kappa shape index (κ3) is 3.58. The van der Waals surface area contributed by atoms with Crippen molar-refractivity contribution in [2.24, 2.45) is 0 Å². The largest absolute Gasteiger partial charge is 0.379 e. The molecule has 1 aliphatic rings. The molecule has 2 aromatic heterocycles. The minimum atomic E-state index is -2.45. The summed E-state index contributed by atoms with van der Waals surface area (Å²) in [6.45, 7) is 2.92. The lowest BCUT2D eigenvalue weighted by Gasteiger charge is -2.37. The van der Waals surface area contributed by atoms with Gasteiger partial charge in [0.25, 0.3) is 0 Å². The Hall–Kier alpha value is -1.17. The highest BCUT2D eigenvalue weighted by Crippen LogP contribution is 2.65. The number of aryl methyl sites for hydroxylation is 2. The molecule has 3 heterocycles. The van der Waals surface area contributed by atoms with Gasteiger partial charge in [0.15, 0.2) is 7.29 Å². The van der Waals surface area contributed by atoms with Crippen LogP contribution in [0.5, 0.6) is 0 Å². The lowest BCUT2D eigenvalue weighted by atomic mass is 10.2. The van der Waals surface area contributed by atoms with Gasteiger partial charge in [-0.1, -0.05) is 0 Å². The zero-order valence-electron chi connectivity index (χ0n) is 14.6. The average molecular weight is 367 g/mol. The SMILES string of the molecule is CNc1cnc(C(CCc2ncc(C)[nH]2)P2(=O)CCCCN2C)s1. The minimum absolute atomic E-state index is 0.0136. The van der Waals surface area contributed by atoms with Crippen LogP contribution in [-0.2, 0) is 11.0 Å². The third-order valence-corrected chi connectivity index (χ3v) is 9.83. The number of imidazole rings is 1. The van der Waals surface area contributed by atoms with Gasteiger partial charge in [-0.2, -0.15) is 0 Å². The number of rotatable bonds is 6. The molecule has 24 heavy (non-hydrogen) atoms. The lowest BCUT2D eigenvalue weighted by Crippen LogP contribution is -2.27. The van der Waals surface area contributed by atoms with Crippen molar-refractivity contribution in [3.63, 3.8) is 0 Å². The van der Waals surface area contributed by atoms with Crippen LogP contribution in [-0.4, -0.2) is 46.4 Å². The number of thiazole rings is 1. The number of nitrogens with one attached hydrogen (secondary N) is 2. The Balaban J connectivity index is 1.86. The quantitative estimate of drug-likeness (QED) is 0.758. The average Bonchev–Trinajstić information content (AvgIpc) is 3.20. The molecule has 2 N–H and O–H groups in total. The highest BCUT2D eigenvalue weighted by Gasteiger charge is 2.40. The number of nitrogens with zero attached hydrogens (tertiary/aromatic N) is 3. The normalized spacial score (nSPS) is 23.3. The molecule has 2 atom stereocenters. The monoisotopic (exact) mass is 367 g/mol. The number of hydrogen-bond acceptors (Lipinski definition) is 5. The Labute approximate surface area is 147 Å². The number of H-pyrrole nitrogens is 1. The van der Waals surface area contributed by atoms with Gasteiger partial charge in [0.1, 0.15) is 15.8 Å². The molecule has 2 aromatic rings. The maximum absolute atomic E-state index is 13.8. The predicted molar refractivity (Wildman–Crippen MR) is 100 cm³/mol. The van der Waals surface area contributed by atoms with Gasteiger partial charge >= 0.3 is 0 Å². The van der Waals surface area contributed by atoms with Gasteiger partial charge in [-0.3, -0.25) is 4.67 Å². The molecule has 1 fully saturated rings. The van der Waals surface area contributed by atoms with Crippen LogP contribution < -0.4 is 5.32 Å². The highest BCUT2D eigenvalue weighted by atomic mass is 32.1. The van der Waals surface area contributed by atoms with Crippen LogP contribution >= 0.6 is 18.6 Å². The fraction of sp³-hybridized carbons (Fsp3) is 0.625. The van der Waals surface area contributed by atoms with Crippen molar-refractivity contribution >= 4 is 23.6 Å². The van der Waals surface area contributed by atoms with E-state index in [0.29, 0.717) is 0 Å². The van der Waals surface area contributed by atoms with E-state index in [0.717, 1.165) is 59.9 Å². The predicted octanol–water partition coefficient (Wildman–Crippen LogP) is 3.89. The van der Waals surface area contributed by atoms with E-state index >= 15 is 0 Å². The molecule has 132 valence electrons. The molecule has 6 nitrogen and oxygen atoms in total. The van der Waals surface area contributed by atoms with E-state index in [9.17, 15) is 4.57 Å². The van der Waals surface area contributed by atoms with Gasteiger partial charge in [-0.25, -0.2) is 9.97 Å². The first-order valence-electron chi connectivity index (χ1n) is 8.47. The molecular weight excluding hydrogens is 341 g/mol. The Morgan fingerprint density at radius 1 is 1.42 bits per heavy atom. The minimum Gasteiger partial charge on any atom is -0.379 e. The Morgan fingerprint density at radius 2 is 2.25 bits per heavy atom. The van der Waals surface area contributed by atoms with Crippen molar-refractivity contribution in [2.45, 2.75) is 38.3 Å². The maximum atomic E-state index is 13.8. The van der Waals surface area contributed by atoms with E-state index in [1.807, 2.05) is 33.4 Å². The van der Waals surface area contributed by atoms with Crippen LogP contribution in [0.2, 0.25) is 0 Å². The number of anilines is 1. The van der Waals surface area contributed by atoms with Crippen LogP contribution in [0.3, 0.4) is 0 Å². The number of aromatic nitrogens is 3. The Morgan fingerprint density at radius 3 is 2.88 bits per heavy atom. The summed E-state index contributed by atoms with van der Waals surface area (Å²) >= 11 is 1.62. The topological polar surface area (TPSA) is 73.9 Å². The summed E-state index contributed by atoms with van der Waals surface area (Å²) in [5.41, 5.74) is 1.05. The number of aromatic amines is 1. The molecule has 2 unspecified atom stereocenters. The Kier molecular flexibility index (Phi) is 5.42. The van der Waals surface area contributed by atoms with E-state index in [2.05, 4.69) is 24.9 Å². The third-order valence-electron chi connectivity index (χ3n) is 4.74. The standard InChI is InChI=1S/C16H26N5OPS/c1-12-10-18-14(20-12)7-6-13(16-19-11-15(17-2)24-16)23(22)9-5-4-8-21(23)3/h10-11,13,17H,4-9H2,1-3H3,(H,18,20). The molecule has 0 radical (unpaired) electrons. The highest BCUT2D eigenvalue weighted by molar-refractivity contribution is 7.62. The molecule has 0 bridgehead atoms. The van der Waals surface area contributed by atoms with Crippen molar-refractivity contribution in [2.75, 3.05) is 32.1 Å². The summed E-state index contributed by atoms with van der Waals surface area (Å²) in [7, 11) is 1.45. The molecule has 0 aromatic carbocycles. The summed E-state index contributed by atoms with van der Waals surface area (Å²) in [4.78, 5) is 12.3. The van der Waals surface area contributed by atoms with Crippen molar-refractivity contribution in [3.8, 4) is 0 Å². The van der Waals surface area contributed by atoms with Gasteiger partial charge in [0.2, 0.25) is 0 Å². The smallest absolute Gasteiger partial charge is 0.159 e. The van der Waals surface area contributed by atoms with Crippen LogP contribution in [0.25, 0.3) is 0 Å². The fourth-order valence-electron chi connectivity index (χ4n) is 3.34. The van der Waals surface area contributed by atoms with E-state index in [1.54, 1.807) is 11.3 Å². The van der Waals surface area contributed by atoms with Crippen LogP contribution in [0.4, 0.5) is 5.00 Å². The van der Waals surface area contributed by atoms with Crippen molar-refractivity contribution in [1.29, 1.82) is 0 Å². The van der Waals surface area contributed by atoms with Crippen molar-refractivity contribution in [1.82, 2.24) is 19.6 Å². The first kappa shape index (κ1) is 17.6. The molecule has 1 aliphatic heterocycles.